The SMILES string of the molecule is CC(C)CC(NC(=O)CCC(C)CN)C(=O)O. The third-order valence-electron chi connectivity index (χ3n) is 2.61. The van der Waals surface area contributed by atoms with Crippen LogP contribution in [0.25, 0.3) is 0 Å². The van der Waals surface area contributed by atoms with Crippen LogP contribution in [0.3, 0.4) is 0 Å². The number of carboxylic acids is 1. The van der Waals surface area contributed by atoms with Gasteiger partial charge in [-0.25, -0.2) is 4.79 Å². The van der Waals surface area contributed by atoms with E-state index in [-0.39, 0.29) is 17.7 Å². The van der Waals surface area contributed by atoms with Crippen LogP contribution < -0.4 is 11.1 Å². The first kappa shape index (κ1) is 15.9. The van der Waals surface area contributed by atoms with E-state index in [1.54, 1.807) is 0 Å². The van der Waals surface area contributed by atoms with E-state index >= 15 is 0 Å². The molecule has 0 fully saturated rings. The molecule has 0 saturated heterocycles. The van der Waals surface area contributed by atoms with Crippen molar-refractivity contribution < 1.29 is 14.7 Å². The molecule has 0 aliphatic heterocycles. The van der Waals surface area contributed by atoms with Crippen molar-refractivity contribution in [1.82, 2.24) is 5.32 Å². The Morgan fingerprint density at radius 2 is 1.88 bits per heavy atom. The number of hydrogen-bond donors (Lipinski definition) is 3. The lowest BCUT2D eigenvalue weighted by atomic mass is 10.0. The number of rotatable bonds is 8. The van der Waals surface area contributed by atoms with Crippen LogP contribution in [0.4, 0.5) is 0 Å². The molecule has 0 aromatic carbocycles. The minimum atomic E-state index is -0.973. The smallest absolute Gasteiger partial charge is 0.326 e. The zero-order chi connectivity index (χ0) is 13.4. The second kappa shape index (κ2) is 8.06. The molecule has 0 aliphatic rings. The van der Waals surface area contributed by atoms with E-state index in [1.165, 1.54) is 0 Å². The zero-order valence-electron chi connectivity index (χ0n) is 10.9. The molecule has 5 nitrogen and oxygen atoms in total. The summed E-state index contributed by atoms with van der Waals surface area (Å²) in [6, 6.07) is -0.782. The Bertz CT molecular complexity index is 254. The van der Waals surface area contributed by atoms with Crippen molar-refractivity contribution in [3.63, 3.8) is 0 Å². The van der Waals surface area contributed by atoms with Crippen LogP contribution in [0.5, 0.6) is 0 Å². The fourth-order valence-corrected chi connectivity index (χ4v) is 1.45. The Balaban J connectivity index is 4.08. The van der Waals surface area contributed by atoms with E-state index in [9.17, 15) is 9.59 Å². The van der Waals surface area contributed by atoms with Gasteiger partial charge in [-0.15, -0.1) is 0 Å². The van der Waals surface area contributed by atoms with Gasteiger partial charge in [0.1, 0.15) is 6.04 Å². The van der Waals surface area contributed by atoms with Crippen LogP contribution in [-0.4, -0.2) is 29.6 Å². The van der Waals surface area contributed by atoms with Crippen molar-refractivity contribution >= 4 is 11.9 Å². The third-order valence-corrected chi connectivity index (χ3v) is 2.61. The average molecular weight is 244 g/mol. The summed E-state index contributed by atoms with van der Waals surface area (Å²) in [5.41, 5.74) is 5.45. The lowest BCUT2D eigenvalue weighted by molar-refractivity contribution is -0.142. The van der Waals surface area contributed by atoms with Crippen molar-refractivity contribution in [1.29, 1.82) is 0 Å². The first-order valence-electron chi connectivity index (χ1n) is 6.09. The van der Waals surface area contributed by atoms with Crippen LogP contribution in [0, 0.1) is 11.8 Å². The van der Waals surface area contributed by atoms with Crippen molar-refractivity contribution in [2.45, 2.75) is 46.1 Å². The molecule has 4 N–H and O–H groups in total. The maximum atomic E-state index is 11.5. The van der Waals surface area contributed by atoms with Gasteiger partial charge in [-0.2, -0.15) is 0 Å². The Morgan fingerprint density at radius 3 is 2.29 bits per heavy atom. The fraction of sp³-hybridized carbons (Fsp3) is 0.833. The van der Waals surface area contributed by atoms with Crippen LogP contribution in [0.2, 0.25) is 0 Å². The number of hydrogen-bond acceptors (Lipinski definition) is 3. The Labute approximate surface area is 103 Å². The van der Waals surface area contributed by atoms with Gasteiger partial charge in [0.15, 0.2) is 0 Å². The van der Waals surface area contributed by atoms with Gasteiger partial charge in [0.05, 0.1) is 0 Å². The number of carbonyl (C=O) groups is 2. The zero-order valence-corrected chi connectivity index (χ0v) is 10.9. The summed E-state index contributed by atoms with van der Waals surface area (Å²) in [5.74, 6) is -0.661. The molecule has 100 valence electrons. The first-order valence-corrected chi connectivity index (χ1v) is 6.09. The first-order chi connectivity index (χ1) is 7.86. The van der Waals surface area contributed by atoms with Gasteiger partial charge in [0.2, 0.25) is 5.91 Å². The summed E-state index contributed by atoms with van der Waals surface area (Å²) in [6.45, 7) is 6.37. The van der Waals surface area contributed by atoms with Gasteiger partial charge in [-0.05, 0) is 31.2 Å². The summed E-state index contributed by atoms with van der Waals surface area (Å²) in [4.78, 5) is 22.5. The minimum Gasteiger partial charge on any atom is -0.480 e. The largest absolute Gasteiger partial charge is 0.480 e. The molecule has 0 saturated carbocycles. The summed E-state index contributed by atoms with van der Waals surface area (Å²) >= 11 is 0. The molecular formula is C12H24N2O3. The van der Waals surface area contributed by atoms with Gasteiger partial charge in [0, 0.05) is 6.42 Å². The van der Waals surface area contributed by atoms with Gasteiger partial charge < -0.3 is 16.2 Å². The van der Waals surface area contributed by atoms with E-state index in [4.69, 9.17) is 10.8 Å². The number of aliphatic carboxylic acids is 1. The van der Waals surface area contributed by atoms with Gasteiger partial charge in [0.25, 0.3) is 0 Å². The molecule has 2 atom stereocenters. The molecule has 0 aromatic rings. The Morgan fingerprint density at radius 1 is 1.29 bits per heavy atom. The Kier molecular flexibility index (Phi) is 7.54. The average Bonchev–Trinajstić information content (AvgIpc) is 2.24. The summed E-state index contributed by atoms with van der Waals surface area (Å²) in [7, 11) is 0. The molecule has 0 bridgehead atoms. The maximum absolute atomic E-state index is 11.5. The molecule has 0 heterocycles. The predicted molar refractivity (Wildman–Crippen MR) is 66.5 cm³/mol. The quantitative estimate of drug-likeness (QED) is 0.593. The van der Waals surface area contributed by atoms with E-state index in [1.807, 2.05) is 20.8 Å². The second-order valence-corrected chi connectivity index (χ2v) is 4.97. The lowest BCUT2D eigenvalue weighted by Gasteiger charge is -2.17. The topological polar surface area (TPSA) is 92.4 Å². The van der Waals surface area contributed by atoms with Gasteiger partial charge in [-0.3, -0.25) is 4.79 Å². The van der Waals surface area contributed by atoms with E-state index in [2.05, 4.69) is 5.32 Å². The molecule has 5 heteroatoms. The number of carbonyl (C=O) groups excluding carboxylic acids is 1. The van der Waals surface area contributed by atoms with Crippen LogP contribution in [-0.2, 0) is 9.59 Å². The number of nitrogens with two attached hydrogens (primary N) is 1. The van der Waals surface area contributed by atoms with Crippen molar-refractivity contribution in [3.8, 4) is 0 Å². The fourth-order valence-electron chi connectivity index (χ4n) is 1.45. The van der Waals surface area contributed by atoms with Crippen molar-refractivity contribution in [2.75, 3.05) is 6.54 Å². The molecule has 0 aliphatic carbocycles. The summed E-state index contributed by atoms with van der Waals surface area (Å²) in [6.07, 6.45) is 1.48. The third kappa shape index (κ3) is 7.74. The molecule has 0 rings (SSSR count). The van der Waals surface area contributed by atoms with Crippen LogP contribution in [0.15, 0.2) is 0 Å². The van der Waals surface area contributed by atoms with Gasteiger partial charge in [-0.1, -0.05) is 20.8 Å². The highest BCUT2D eigenvalue weighted by Crippen LogP contribution is 2.07. The maximum Gasteiger partial charge on any atom is 0.326 e. The van der Waals surface area contributed by atoms with Gasteiger partial charge >= 0.3 is 5.97 Å². The molecule has 0 radical (unpaired) electrons. The summed E-state index contributed by atoms with van der Waals surface area (Å²) in [5, 5.41) is 11.5. The monoisotopic (exact) mass is 244 g/mol. The predicted octanol–water partition coefficient (Wildman–Crippen LogP) is 0.977. The molecule has 1 amide bonds. The van der Waals surface area contributed by atoms with E-state index in [0.717, 1.165) is 0 Å². The van der Waals surface area contributed by atoms with Crippen molar-refractivity contribution in [2.24, 2.45) is 17.6 Å². The highest BCUT2D eigenvalue weighted by molar-refractivity contribution is 5.83. The van der Waals surface area contributed by atoms with Crippen LogP contribution in [0.1, 0.15) is 40.0 Å². The number of amides is 1. The molecule has 2 unspecified atom stereocenters. The highest BCUT2D eigenvalue weighted by atomic mass is 16.4. The van der Waals surface area contributed by atoms with Crippen molar-refractivity contribution in [3.05, 3.63) is 0 Å². The molecule has 17 heavy (non-hydrogen) atoms. The standard InChI is InChI=1S/C12H24N2O3/c1-8(2)6-10(12(16)17)14-11(15)5-4-9(3)7-13/h8-10H,4-7,13H2,1-3H3,(H,14,15)(H,16,17). The second-order valence-electron chi connectivity index (χ2n) is 4.97. The Hall–Kier alpha value is -1.10. The lowest BCUT2D eigenvalue weighted by Crippen LogP contribution is -2.41. The van der Waals surface area contributed by atoms with E-state index in [0.29, 0.717) is 25.8 Å². The summed E-state index contributed by atoms with van der Waals surface area (Å²) < 4.78 is 0. The number of nitrogens with one attached hydrogen (secondary N) is 1. The normalized spacial score (nSPS) is 14.4. The van der Waals surface area contributed by atoms with E-state index < -0.39 is 12.0 Å². The van der Waals surface area contributed by atoms with Crippen LogP contribution >= 0.6 is 0 Å². The molecule has 0 aromatic heterocycles. The number of carboxylic acid groups (broad SMARTS) is 1. The highest BCUT2D eigenvalue weighted by Gasteiger charge is 2.20. The molecule has 0 spiro atoms. The minimum absolute atomic E-state index is 0.210. The molecular weight excluding hydrogens is 220 g/mol.